The molecule has 1 aliphatic heterocycles. The molecule has 0 aromatic carbocycles. The van der Waals surface area contributed by atoms with Gasteiger partial charge in [0, 0.05) is 19.7 Å². The largest absolute Gasteiger partial charge is 0.392 e. The van der Waals surface area contributed by atoms with Crippen LogP contribution >= 0.6 is 0 Å². The summed E-state index contributed by atoms with van der Waals surface area (Å²) in [6.45, 7) is 7.32. The van der Waals surface area contributed by atoms with Crippen LogP contribution in [0.25, 0.3) is 0 Å². The summed E-state index contributed by atoms with van der Waals surface area (Å²) < 4.78 is 5.78. The van der Waals surface area contributed by atoms with Crippen LogP contribution in [0.15, 0.2) is 0 Å². The van der Waals surface area contributed by atoms with E-state index >= 15 is 0 Å². The van der Waals surface area contributed by atoms with Gasteiger partial charge in [-0.1, -0.05) is 13.8 Å². The molecular weight excluding hydrogens is 226 g/mol. The van der Waals surface area contributed by atoms with Crippen LogP contribution in [-0.2, 0) is 4.74 Å². The molecule has 0 amide bonds. The van der Waals surface area contributed by atoms with Crippen molar-refractivity contribution in [2.24, 2.45) is 11.3 Å². The third kappa shape index (κ3) is 3.46. The summed E-state index contributed by atoms with van der Waals surface area (Å²) in [5.74, 6) is 0.439. The van der Waals surface area contributed by atoms with Gasteiger partial charge < -0.3 is 14.7 Å². The zero-order valence-corrected chi connectivity index (χ0v) is 12.2. The van der Waals surface area contributed by atoms with E-state index < -0.39 is 0 Å². The molecule has 1 saturated carbocycles. The molecule has 1 aliphatic carbocycles. The predicted octanol–water partition coefficient (Wildman–Crippen LogP) is 2.28. The van der Waals surface area contributed by atoms with Crippen molar-refractivity contribution in [2.75, 3.05) is 26.7 Å². The Hall–Kier alpha value is -0.120. The first kappa shape index (κ1) is 14.3. The van der Waals surface area contributed by atoms with Crippen LogP contribution in [0.5, 0.6) is 0 Å². The highest BCUT2D eigenvalue weighted by Gasteiger charge is 2.40. The maximum absolute atomic E-state index is 10.3. The van der Waals surface area contributed by atoms with E-state index in [0.717, 1.165) is 32.5 Å². The molecule has 0 aromatic rings. The predicted molar refractivity (Wildman–Crippen MR) is 73.6 cm³/mol. The molecule has 2 aliphatic rings. The van der Waals surface area contributed by atoms with Gasteiger partial charge >= 0.3 is 0 Å². The van der Waals surface area contributed by atoms with Crippen LogP contribution < -0.4 is 0 Å². The van der Waals surface area contributed by atoms with Crippen LogP contribution in [0, 0.1) is 11.3 Å². The Kier molecular flexibility index (Phi) is 4.68. The van der Waals surface area contributed by atoms with Crippen LogP contribution in [0.4, 0.5) is 0 Å². The van der Waals surface area contributed by atoms with Crippen LogP contribution in [0.1, 0.15) is 46.0 Å². The zero-order valence-electron chi connectivity index (χ0n) is 12.2. The van der Waals surface area contributed by atoms with Crippen LogP contribution in [0.2, 0.25) is 0 Å². The van der Waals surface area contributed by atoms with E-state index in [9.17, 15) is 5.11 Å². The lowest BCUT2D eigenvalue weighted by atomic mass is 9.87. The third-order valence-corrected chi connectivity index (χ3v) is 4.74. The van der Waals surface area contributed by atoms with E-state index in [1.807, 2.05) is 0 Å². The summed E-state index contributed by atoms with van der Waals surface area (Å²) in [5.41, 5.74) is 0.104. The second-order valence-electron chi connectivity index (χ2n) is 6.94. The highest BCUT2D eigenvalue weighted by Crippen LogP contribution is 2.41. The van der Waals surface area contributed by atoms with Crippen molar-refractivity contribution in [2.45, 2.75) is 58.2 Å². The molecule has 1 saturated heterocycles. The molecule has 0 spiro atoms. The Morgan fingerprint density at radius 3 is 2.56 bits per heavy atom. The molecule has 1 heterocycles. The van der Waals surface area contributed by atoms with Crippen LogP contribution in [0.3, 0.4) is 0 Å². The molecule has 0 bridgehead atoms. The molecular formula is C15H29NO2. The summed E-state index contributed by atoms with van der Waals surface area (Å²) >= 11 is 0. The number of likely N-dealkylation sites (N-methyl/N-ethyl adjacent to an activating group) is 1. The summed E-state index contributed by atoms with van der Waals surface area (Å²) in [6, 6.07) is 0. The highest BCUT2D eigenvalue weighted by atomic mass is 16.5. The van der Waals surface area contributed by atoms with Crippen molar-refractivity contribution < 1.29 is 9.84 Å². The Bertz CT molecular complexity index is 261. The lowest BCUT2D eigenvalue weighted by Crippen LogP contribution is -2.39. The zero-order chi connectivity index (χ0) is 13.2. The number of nitrogens with zero attached hydrogens (tertiary/aromatic N) is 1. The summed E-state index contributed by atoms with van der Waals surface area (Å²) in [5, 5.41) is 10.3. The van der Waals surface area contributed by atoms with Crippen molar-refractivity contribution in [3.05, 3.63) is 0 Å². The van der Waals surface area contributed by atoms with E-state index in [4.69, 9.17) is 4.74 Å². The fraction of sp³-hybridized carbons (Fsp3) is 1.00. The van der Waals surface area contributed by atoms with Crippen molar-refractivity contribution in [1.82, 2.24) is 4.90 Å². The van der Waals surface area contributed by atoms with Crippen molar-refractivity contribution in [3.63, 3.8) is 0 Å². The second kappa shape index (κ2) is 5.89. The lowest BCUT2D eigenvalue weighted by molar-refractivity contribution is -0.0113. The normalized spacial score (nSPS) is 36.2. The van der Waals surface area contributed by atoms with Gasteiger partial charge in [0.05, 0.1) is 12.2 Å². The first-order valence-electron chi connectivity index (χ1n) is 7.47. The van der Waals surface area contributed by atoms with Gasteiger partial charge in [-0.25, -0.2) is 0 Å². The standard InChI is InChI=1S/C15H29NO2/c1-15(2)8-7-12(14(15)17)10-16(3)11-13-6-4-5-9-18-13/h12-14,17H,4-11H2,1-3H3. The van der Waals surface area contributed by atoms with Gasteiger partial charge in [-0.3, -0.25) is 0 Å². The summed E-state index contributed by atoms with van der Waals surface area (Å²) in [7, 11) is 2.16. The third-order valence-electron chi connectivity index (χ3n) is 4.74. The van der Waals surface area contributed by atoms with Crippen molar-refractivity contribution in [3.8, 4) is 0 Å². The van der Waals surface area contributed by atoms with Gasteiger partial charge in [0.25, 0.3) is 0 Å². The lowest BCUT2D eigenvalue weighted by Gasteiger charge is -2.31. The highest BCUT2D eigenvalue weighted by molar-refractivity contribution is 4.92. The Balaban J connectivity index is 1.75. The number of ether oxygens (including phenoxy) is 1. The number of aliphatic hydroxyl groups excluding tert-OH is 1. The Morgan fingerprint density at radius 1 is 1.22 bits per heavy atom. The number of aliphatic hydroxyl groups is 1. The summed E-state index contributed by atoms with van der Waals surface area (Å²) in [4.78, 5) is 2.35. The maximum atomic E-state index is 10.3. The molecule has 18 heavy (non-hydrogen) atoms. The minimum Gasteiger partial charge on any atom is -0.392 e. The van der Waals surface area contributed by atoms with E-state index in [0.29, 0.717) is 12.0 Å². The monoisotopic (exact) mass is 255 g/mol. The fourth-order valence-corrected chi connectivity index (χ4v) is 3.47. The van der Waals surface area contributed by atoms with E-state index in [2.05, 4.69) is 25.8 Å². The minimum atomic E-state index is -0.146. The minimum absolute atomic E-state index is 0.104. The Labute approximate surface area is 112 Å². The average Bonchev–Trinajstić information content (AvgIpc) is 2.57. The molecule has 3 atom stereocenters. The topological polar surface area (TPSA) is 32.7 Å². The fourth-order valence-electron chi connectivity index (χ4n) is 3.47. The smallest absolute Gasteiger partial charge is 0.0701 e. The number of rotatable bonds is 4. The van der Waals surface area contributed by atoms with Gasteiger partial charge in [0.1, 0.15) is 0 Å². The van der Waals surface area contributed by atoms with Gasteiger partial charge in [-0.05, 0) is 50.5 Å². The molecule has 0 aromatic heterocycles. The number of hydrogen-bond acceptors (Lipinski definition) is 3. The van der Waals surface area contributed by atoms with E-state index in [-0.39, 0.29) is 11.5 Å². The molecule has 0 radical (unpaired) electrons. The van der Waals surface area contributed by atoms with Crippen LogP contribution in [-0.4, -0.2) is 49.0 Å². The van der Waals surface area contributed by atoms with Gasteiger partial charge in [0.2, 0.25) is 0 Å². The van der Waals surface area contributed by atoms with Crippen molar-refractivity contribution in [1.29, 1.82) is 0 Å². The molecule has 3 unspecified atom stereocenters. The molecule has 3 heteroatoms. The maximum Gasteiger partial charge on any atom is 0.0701 e. The second-order valence-corrected chi connectivity index (χ2v) is 6.94. The quantitative estimate of drug-likeness (QED) is 0.836. The van der Waals surface area contributed by atoms with E-state index in [1.54, 1.807) is 0 Å². The number of hydrogen-bond donors (Lipinski definition) is 1. The summed E-state index contributed by atoms with van der Waals surface area (Å²) in [6.07, 6.45) is 6.29. The van der Waals surface area contributed by atoms with Gasteiger partial charge in [-0.15, -0.1) is 0 Å². The SMILES string of the molecule is CN(CC1CCCCO1)CC1CCC(C)(C)C1O. The molecule has 106 valence electrons. The van der Waals surface area contributed by atoms with Gasteiger partial charge in [0.15, 0.2) is 0 Å². The average molecular weight is 255 g/mol. The molecule has 1 N–H and O–H groups in total. The molecule has 2 fully saturated rings. The first-order chi connectivity index (χ1) is 8.49. The molecule has 3 nitrogen and oxygen atoms in total. The Morgan fingerprint density at radius 2 is 2.00 bits per heavy atom. The van der Waals surface area contributed by atoms with E-state index in [1.165, 1.54) is 19.3 Å². The molecule has 2 rings (SSSR count). The van der Waals surface area contributed by atoms with Crippen molar-refractivity contribution >= 4 is 0 Å². The first-order valence-corrected chi connectivity index (χ1v) is 7.47. The van der Waals surface area contributed by atoms with Gasteiger partial charge in [-0.2, -0.15) is 0 Å².